The second-order valence-corrected chi connectivity index (χ2v) is 9.54. The zero-order chi connectivity index (χ0) is 28.7. The predicted molar refractivity (Wildman–Crippen MR) is 167 cm³/mol. The molecule has 0 aliphatic carbocycles. The van der Waals surface area contributed by atoms with Gasteiger partial charge in [0.2, 0.25) is 0 Å². The minimum atomic E-state index is 0.656. The van der Waals surface area contributed by atoms with E-state index in [1.165, 1.54) is 0 Å². The third-order valence-corrected chi connectivity index (χ3v) is 6.35. The molecular formula is C36H28N2O4. The number of rotatable bonds is 9. The van der Waals surface area contributed by atoms with Crippen LogP contribution >= 0.6 is 0 Å². The van der Waals surface area contributed by atoms with Crippen LogP contribution in [-0.2, 0) is 0 Å². The van der Waals surface area contributed by atoms with Gasteiger partial charge in [-0.05, 0) is 108 Å². The van der Waals surface area contributed by atoms with Crippen molar-refractivity contribution in [3.63, 3.8) is 0 Å². The second kappa shape index (κ2) is 12.1. The van der Waals surface area contributed by atoms with Crippen LogP contribution in [0.25, 0.3) is 11.1 Å². The number of hydrogen-bond acceptors (Lipinski definition) is 6. The highest BCUT2D eigenvalue weighted by Crippen LogP contribution is 2.31. The van der Waals surface area contributed by atoms with E-state index in [0.29, 0.717) is 45.9 Å². The van der Waals surface area contributed by atoms with Gasteiger partial charge in [-0.3, -0.25) is 0 Å². The molecule has 0 radical (unpaired) electrons. The minimum absolute atomic E-state index is 0.656. The maximum absolute atomic E-state index is 6.02. The Labute approximate surface area is 244 Å². The number of ether oxygens (including phenoxy) is 4. The Balaban J connectivity index is 1.03. The SMILES string of the molecule is Nc1cccc(Oc2ccc(Oc3ccc(-c4ccc(Oc5ccc(Oc6cccc(N)c6)cc5)cc4)cc3)cc2)c1. The Morgan fingerprint density at radius 3 is 0.833 bits per heavy atom. The molecule has 206 valence electrons. The summed E-state index contributed by atoms with van der Waals surface area (Å²) < 4.78 is 23.7. The fraction of sp³-hybridized carbons (Fsp3) is 0. The van der Waals surface area contributed by atoms with Crippen LogP contribution in [0.2, 0.25) is 0 Å². The normalized spacial score (nSPS) is 10.6. The highest BCUT2D eigenvalue weighted by atomic mass is 16.5. The lowest BCUT2D eigenvalue weighted by Gasteiger charge is -2.10. The van der Waals surface area contributed by atoms with E-state index < -0.39 is 0 Å². The molecule has 6 rings (SSSR count). The molecule has 6 nitrogen and oxygen atoms in total. The molecule has 0 aliphatic rings. The molecule has 42 heavy (non-hydrogen) atoms. The molecular weight excluding hydrogens is 524 g/mol. The van der Waals surface area contributed by atoms with E-state index in [2.05, 4.69) is 0 Å². The molecule has 0 aromatic heterocycles. The van der Waals surface area contributed by atoms with Gasteiger partial charge in [0, 0.05) is 23.5 Å². The maximum Gasteiger partial charge on any atom is 0.129 e. The summed E-state index contributed by atoms with van der Waals surface area (Å²) in [5, 5.41) is 0. The van der Waals surface area contributed by atoms with Gasteiger partial charge >= 0.3 is 0 Å². The lowest BCUT2D eigenvalue weighted by molar-refractivity contribution is 0.469. The van der Waals surface area contributed by atoms with Crippen molar-refractivity contribution in [3.05, 3.63) is 146 Å². The molecule has 6 aromatic rings. The lowest BCUT2D eigenvalue weighted by Crippen LogP contribution is -1.89. The number of benzene rings is 6. The fourth-order valence-electron chi connectivity index (χ4n) is 4.28. The standard InChI is InChI=1S/C36H28N2O4/c37-27-3-1-5-35(23-27)41-33-19-15-31(16-20-33)39-29-11-7-25(8-12-29)26-9-13-30(14-10-26)40-32-17-21-34(22-18-32)42-36-6-2-4-28(38)24-36/h1-24H,37-38H2. The van der Waals surface area contributed by atoms with Crippen LogP contribution in [0, 0.1) is 0 Å². The van der Waals surface area contributed by atoms with E-state index in [-0.39, 0.29) is 0 Å². The summed E-state index contributed by atoms with van der Waals surface area (Å²) in [5.74, 6) is 5.70. The van der Waals surface area contributed by atoms with E-state index in [1.807, 2.05) is 133 Å². The van der Waals surface area contributed by atoms with Gasteiger partial charge < -0.3 is 30.4 Å². The van der Waals surface area contributed by atoms with Crippen LogP contribution < -0.4 is 30.4 Å². The van der Waals surface area contributed by atoms with E-state index in [1.54, 1.807) is 12.1 Å². The van der Waals surface area contributed by atoms with E-state index in [0.717, 1.165) is 22.6 Å². The fourth-order valence-corrected chi connectivity index (χ4v) is 4.28. The lowest BCUT2D eigenvalue weighted by atomic mass is 10.1. The molecule has 0 bridgehead atoms. The van der Waals surface area contributed by atoms with Crippen LogP contribution in [0.3, 0.4) is 0 Å². The average molecular weight is 553 g/mol. The highest BCUT2D eigenvalue weighted by Gasteiger charge is 2.05. The van der Waals surface area contributed by atoms with Crippen molar-refractivity contribution in [2.24, 2.45) is 0 Å². The topological polar surface area (TPSA) is 89.0 Å². The number of nitrogen functional groups attached to an aromatic ring is 2. The van der Waals surface area contributed by atoms with Crippen molar-refractivity contribution in [2.45, 2.75) is 0 Å². The summed E-state index contributed by atoms with van der Waals surface area (Å²) in [6.07, 6.45) is 0. The Hall–Kier alpha value is -5.88. The van der Waals surface area contributed by atoms with Gasteiger partial charge in [0.25, 0.3) is 0 Å². The van der Waals surface area contributed by atoms with Crippen molar-refractivity contribution < 1.29 is 18.9 Å². The molecule has 0 spiro atoms. The molecule has 0 aliphatic heterocycles. The van der Waals surface area contributed by atoms with Gasteiger partial charge in [-0.1, -0.05) is 36.4 Å². The van der Waals surface area contributed by atoms with Crippen LogP contribution in [0.1, 0.15) is 0 Å². The molecule has 0 heterocycles. The first-order chi connectivity index (χ1) is 20.6. The van der Waals surface area contributed by atoms with Crippen molar-refractivity contribution in [3.8, 4) is 57.1 Å². The number of anilines is 2. The van der Waals surface area contributed by atoms with Crippen molar-refractivity contribution in [2.75, 3.05) is 11.5 Å². The summed E-state index contributed by atoms with van der Waals surface area (Å²) in [6.45, 7) is 0. The van der Waals surface area contributed by atoms with Gasteiger partial charge in [-0.25, -0.2) is 0 Å². The van der Waals surface area contributed by atoms with Gasteiger partial charge in [0.15, 0.2) is 0 Å². The summed E-state index contributed by atoms with van der Waals surface area (Å²) in [6, 6.07) is 45.5. The highest BCUT2D eigenvalue weighted by molar-refractivity contribution is 5.65. The quantitative estimate of drug-likeness (QED) is 0.174. The Morgan fingerprint density at radius 2 is 0.548 bits per heavy atom. The van der Waals surface area contributed by atoms with Crippen LogP contribution in [0.15, 0.2) is 146 Å². The zero-order valence-corrected chi connectivity index (χ0v) is 22.6. The third-order valence-electron chi connectivity index (χ3n) is 6.35. The van der Waals surface area contributed by atoms with Crippen LogP contribution in [0.5, 0.6) is 46.0 Å². The Bertz CT molecular complexity index is 1630. The predicted octanol–water partition coefficient (Wildman–Crippen LogP) is 9.69. The summed E-state index contributed by atoms with van der Waals surface area (Å²) in [7, 11) is 0. The van der Waals surface area contributed by atoms with Crippen LogP contribution in [-0.4, -0.2) is 0 Å². The zero-order valence-electron chi connectivity index (χ0n) is 22.6. The second-order valence-electron chi connectivity index (χ2n) is 9.54. The Kier molecular flexibility index (Phi) is 7.59. The first kappa shape index (κ1) is 26.3. The minimum Gasteiger partial charge on any atom is -0.457 e. The molecule has 0 unspecified atom stereocenters. The molecule has 6 aromatic carbocycles. The first-order valence-corrected chi connectivity index (χ1v) is 13.4. The Morgan fingerprint density at radius 1 is 0.286 bits per heavy atom. The molecule has 0 amide bonds. The molecule has 0 fully saturated rings. The number of hydrogen-bond donors (Lipinski definition) is 2. The molecule has 0 saturated carbocycles. The molecule has 6 heteroatoms. The van der Waals surface area contributed by atoms with E-state index in [9.17, 15) is 0 Å². The first-order valence-electron chi connectivity index (χ1n) is 13.4. The van der Waals surface area contributed by atoms with Gasteiger partial charge in [0.05, 0.1) is 0 Å². The summed E-state index contributed by atoms with van der Waals surface area (Å²) in [5.41, 5.74) is 15.1. The summed E-state index contributed by atoms with van der Waals surface area (Å²) >= 11 is 0. The van der Waals surface area contributed by atoms with Crippen LogP contribution in [0.4, 0.5) is 11.4 Å². The average Bonchev–Trinajstić information content (AvgIpc) is 3.00. The molecule has 4 N–H and O–H groups in total. The van der Waals surface area contributed by atoms with Crippen molar-refractivity contribution in [1.29, 1.82) is 0 Å². The van der Waals surface area contributed by atoms with Gasteiger partial charge in [0.1, 0.15) is 46.0 Å². The van der Waals surface area contributed by atoms with Crippen molar-refractivity contribution >= 4 is 11.4 Å². The van der Waals surface area contributed by atoms with E-state index in [4.69, 9.17) is 30.4 Å². The molecule has 0 atom stereocenters. The monoisotopic (exact) mass is 552 g/mol. The van der Waals surface area contributed by atoms with Gasteiger partial charge in [-0.15, -0.1) is 0 Å². The van der Waals surface area contributed by atoms with Gasteiger partial charge in [-0.2, -0.15) is 0 Å². The van der Waals surface area contributed by atoms with E-state index >= 15 is 0 Å². The van der Waals surface area contributed by atoms with Crippen molar-refractivity contribution in [1.82, 2.24) is 0 Å². The third kappa shape index (κ3) is 6.81. The smallest absolute Gasteiger partial charge is 0.129 e. The maximum atomic E-state index is 6.02. The number of nitrogens with two attached hydrogens (primary N) is 2. The molecule has 0 saturated heterocycles. The summed E-state index contributed by atoms with van der Waals surface area (Å²) in [4.78, 5) is 0. The largest absolute Gasteiger partial charge is 0.457 e.